The Balaban J connectivity index is 2.06. The van der Waals surface area contributed by atoms with Gasteiger partial charge in [0.25, 0.3) is 5.91 Å². The van der Waals surface area contributed by atoms with Crippen LogP contribution in [0.25, 0.3) is 11.3 Å². The number of carbonyl (C=O) groups excluding carboxylic acids is 2. The maximum absolute atomic E-state index is 13.5. The molecule has 0 bridgehead atoms. The summed E-state index contributed by atoms with van der Waals surface area (Å²) in [6, 6.07) is 6.97. The number of ether oxygens (including phenoxy) is 1. The number of benzene rings is 1. The third-order valence-corrected chi connectivity index (χ3v) is 5.44. The highest BCUT2D eigenvalue weighted by Gasteiger charge is 2.34. The molecule has 1 aliphatic rings. The third-order valence-electron chi connectivity index (χ3n) is 4.89. The number of fused-ring (bicyclic) bond motifs is 1. The van der Waals surface area contributed by atoms with E-state index in [0.29, 0.717) is 54.2 Å². The summed E-state index contributed by atoms with van der Waals surface area (Å²) in [5.74, 6) is 0.174. The normalized spacial score (nSPS) is 15.4. The highest BCUT2D eigenvalue weighted by molar-refractivity contribution is 7.98. The van der Waals surface area contributed by atoms with Gasteiger partial charge in [-0.25, -0.2) is 9.78 Å². The Morgan fingerprint density at radius 3 is 2.55 bits per heavy atom. The Kier molecular flexibility index (Phi) is 7.04. The summed E-state index contributed by atoms with van der Waals surface area (Å²) >= 11 is 1.39. The number of nitrogens with zero attached hydrogens (tertiary/aromatic N) is 3. The Morgan fingerprint density at radius 2 is 1.94 bits per heavy atom. The zero-order valence-electron chi connectivity index (χ0n) is 18.6. The maximum atomic E-state index is 13.5. The lowest BCUT2D eigenvalue weighted by Gasteiger charge is -2.35. The van der Waals surface area contributed by atoms with Gasteiger partial charge in [-0.15, -0.1) is 0 Å². The molecule has 0 radical (unpaired) electrons. The second-order valence-corrected chi connectivity index (χ2v) is 8.85. The van der Waals surface area contributed by atoms with Crippen molar-refractivity contribution in [1.82, 2.24) is 20.2 Å². The zero-order valence-corrected chi connectivity index (χ0v) is 19.4. The summed E-state index contributed by atoms with van der Waals surface area (Å²) in [6.45, 7) is 10.1. The standard InChI is InChI=1S/C22H29N5O3S/c1-6-23-20(29)24-15-10-8-14(9-11-15)17-16-18(26-21(25-17)31-5)30-13-22(3,4)12-27(7-2)19(16)28/h8-11H,6-7,12-13H2,1-5H3,(H2,23,24,29). The summed E-state index contributed by atoms with van der Waals surface area (Å²) in [6.07, 6.45) is 1.89. The first kappa shape index (κ1) is 22.9. The summed E-state index contributed by atoms with van der Waals surface area (Å²) in [5, 5.41) is 6.00. The number of aromatic nitrogens is 2. The topological polar surface area (TPSA) is 96.4 Å². The molecule has 0 atom stereocenters. The molecule has 3 rings (SSSR count). The van der Waals surface area contributed by atoms with E-state index in [1.54, 1.807) is 12.1 Å². The molecule has 0 saturated heterocycles. The summed E-state index contributed by atoms with van der Waals surface area (Å²) in [4.78, 5) is 36.2. The van der Waals surface area contributed by atoms with Gasteiger partial charge in [0.2, 0.25) is 5.88 Å². The van der Waals surface area contributed by atoms with Crippen LogP contribution in [0.3, 0.4) is 0 Å². The molecule has 9 heteroatoms. The van der Waals surface area contributed by atoms with Crippen molar-refractivity contribution in [2.24, 2.45) is 5.41 Å². The zero-order chi connectivity index (χ0) is 22.6. The highest BCUT2D eigenvalue weighted by Crippen LogP contribution is 2.35. The van der Waals surface area contributed by atoms with E-state index in [4.69, 9.17) is 4.74 Å². The fourth-order valence-corrected chi connectivity index (χ4v) is 3.73. The average Bonchev–Trinajstić information content (AvgIpc) is 2.75. The van der Waals surface area contributed by atoms with Gasteiger partial charge in [-0.05, 0) is 32.2 Å². The van der Waals surface area contributed by atoms with E-state index in [1.807, 2.05) is 37.1 Å². The minimum absolute atomic E-state index is 0.141. The largest absolute Gasteiger partial charge is 0.476 e. The Morgan fingerprint density at radius 1 is 1.23 bits per heavy atom. The number of anilines is 1. The van der Waals surface area contributed by atoms with E-state index < -0.39 is 0 Å². The van der Waals surface area contributed by atoms with Crippen LogP contribution in [0.5, 0.6) is 5.88 Å². The number of hydrogen-bond acceptors (Lipinski definition) is 6. The molecule has 1 aliphatic heterocycles. The van der Waals surface area contributed by atoms with Crippen LogP contribution in [0.1, 0.15) is 38.1 Å². The molecule has 1 aromatic heterocycles. The Hall–Kier alpha value is -2.81. The van der Waals surface area contributed by atoms with Gasteiger partial charge in [0.1, 0.15) is 5.56 Å². The van der Waals surface area contributed by atoms with Crippen molar-refractivity contribution >= 4 is 29.4 Å². The van der Waals surface area contributed by atoms with Gasteiger partial charge in [-0.2, -0.15) is 4.98 Å². The summed E-state index contributed by atoms with van der Waals surface area (Å²) in [7, 11) is 0. The third kappa shape index (κ3) is 5.28. The lowest BCUT2D eigenvalue weighted by atomic mass is 9.92. The molecule has 0 fully saturated rings. The number of urea groups is 1. The van der Waals surface area contributed by atoms with Crippen LogP contribution in [0.2, 0.25) is 0 Å². The van der Waals surface area contributed by atoms with Crippen molar-refractivity contribution in [3.63, 3.8) is 0 Å². The Bertz CT molecular complexity index is 962. The van der Waals surface area contributed by atoms with Gasteiger partial charge >= 0.3 is 6.03 Å². The second kappa shape index (κ2) is 9.55. The fraction of sp³-hybridized carbons (Fsp3) is 0.455. The molecule has 31 heavy (non-hydrogen) atoms. The van der Waals surface area contributed by atoms with Gasteiger partial charge in [0.05, 0.1) is 12.3 Å². The van der Waals surface area contributed by atoms with Crippen LogP contribution in [0, 0.1) is 5.41 Å². The van der Waals surface area contributed by atoms with Crippen molar-refractivity contribution in [2.75, 3.05) is 37.8 Å². The number of hydrogen-bond donors (Lipinski definition) is 2. The van der Waals surface area contributed by atoms with Crippen molar-refractivity contribution in [1.29, 1.82) is 0 Å². The van der Waals surface area contributed by atoms with E-state index in [1.165, 1.54) is 11.8 Å². The van der Waals surface area contributed by atoms with Gasteiger partial charge in [0, 0.05) is 36.3 Å². The fourth-order valence-electron chi connectivity index (χ4n) is 3.38. The van der Waals surface area contributed by atoms with E-state index in [-0.39, 0.29) is 17.4 Å². The van der Waals surface area contributed by atoms with Crippen LogP contribution >= 0.6 is 11.8 Å². The molecular formula is C22H29N5O3S. The number of amides is 3. The molecule has 0 aliphatic carbocycles. The van der Waals surface area contributed by atoms with Crippen LogP contribution in [-0.4, -0.2) is 59.3 Å². The predicted molar refractivity (Wildman–Crippen MR) is 123 cm³/mol. The smallest absolute Gasteiger partial charge is 0.319 e. The van der Waals surface area contributed by atoms with Crippen LogP contribution in [0.4, 0.5) is 10.5 Å². The number of nitrogens with one attached hydrogen (secondary N) is 2. The van der Waals surface area contributed by atoms with Crippen LogP contribution < -0.4 is 15.4 Å². The van der Waals surface area contributed by atoms with Gasteiger partial charge in [0.15, 0.2) is 5.16 Å². The molecule has 0 unspecified atom stereocenters. The first-order valence-corrected chi connectivity index (χ1v) is 11.5. The van der Waals surface area contributed by atoms with Crippen LogP contribution in [-0.2, 0) is 0 Å². The van der Waals surface area contributed by atoms with Crippen molar-refractivity contribution < 1.29 is 14.3 Å². The second-order valence-electron chi connectivity index (χ2n) is 8.07. The van der Waals surface area contributed by atoms with Crippen molar-refractivity contribution in [3.8, 4) is 17.1 Å². The number of rotatable bonds is 5. The quantitative estimate of drug-likeness (QED) is 0.538. The molecule has 2 aromatic rings. The van der Waals surface area contributed by atoms with Crippen molar-refractivity contribution in [2.45, 2.75) is 32.9 Å². The first-order chi connectivity index (χ1) is 14.8. The van der Waals surface area contributed by atoms with E-state index in [0.717, 1.165) is 5.56 Å². The molecule has 0 spiro atoms. The molecular weight excluding hydrogens is 414 g/mol. The lowest BCUT2D eigenvalue weighted by molar-refractivity contribution is 0.0573. The maximum Gasteiger partial charge on any atom is 0.319 e. The minimum atomic E-state index is -0.267. The van der Waals surface area contributed by atoms with Gasteiger partial charge < -0.3 is 20.3 Å². The molecule has 3 amide bonds. The molecule has 2 N–H and O–H groups in total. The summed E-state index contributed by atoms with van der Waals surface area (Å²) < 4.78 is 6.04. The summed E-state index contributed by atoms with van der Waals surface area (Å²) in [5.41, 5.74) is 2.11. The molecule has 0 saturated carbocycles. The average molecular weight is 444 g/mol. The van der Waals surface area contributed by atoms with E-state index in [2.05, 4.69) is 34.4 Å². The van der Waals surface area contributed by atoms with Crippen molar-refractivity contribution in [3.05, 3.63) is 29.8 Å². The number of carbonyl (C=O) groups is 2. The molecule has 166 valence electrons. The SMILES string of the molecule is CCNC(=O)Nc1ccc(-c2nc(SC)nc3c2C(=O)N(CC)CC(C)(C)CO3)cc1. The van der Waals surface area contributed by atoms with E-state index >= 15 is 0 Å². The monoisotopic (exact) mass is 443 g/mol. The molecule has 8 nitrogen and oxygen atoms in total. The predicted octanol–water partition coefficient (Wildman–Crippen LogP) is 3.89. The first-order valence-electron chi connectivity index (χ1n) is 10.3. The van der Waals surface area contributed by atoms with Gasteiger partial charge in [-0.3, -0.25) is 4.79 Å². The van der Waals surface area contributed by atoms with Gasteiger partial charge in [-0.1, -0.05) is 37.7 Å². The minimum Gasteiger partial charge on any atom is -0.476 e. The highest BCUT2D eigenvalue weighted by atomic mass is 32.2. The number of thioether (sulfide) groups is 1. The molecule has 2 heterocycles. The Labute approximate surface area is 187 Å². The van der Waals surface area contributed by atoms with E-state index in [9.17, 15) is 9.59 Å². The lowest BCUT2D eigenvalue weighted by Crippen LogP contribution is -2.43. The van der Waals surface area contributed by atoms with Crippen LogP contribution in [0.15, 0.2) is 29.4 Å². The molecule has 1 aromatic carbocycles.